The summed E-state index contributed by atoms with van der Waals surface area (Å²) in [6.45, 7) is 6.26. The summed E-state index contributed by atoms with van der Waals surface area (Å²) in [5.74, 6) is 3.81. The van der Waals surface area contributed by atoms with Gasteiger partial charge in [-0.1, -0.05) is 20.3 Å². The fourth-order valence-corrected chi connectivity index (χ4v) is 9.18. The van der Waals surface area contributed by atoms with Gasteiger partial charge in [0.2, 0.25) is 0 Å². The molecule has 9 atom stereocenters. The van der Waals surface area contributed by atoms with Crippen molar-refractivity contribution >= 4 is 5.78 Å². The topological polar surface area (TPSA) is 32.8 Å². The maximum Gasteiger partial charge on any atom is 0.139 e. The maximum atomic E-state index is 12.7. The van der Waals surface area contributed by atoms with E-state index < -0.39 is 0 Å². The van der Waals surface area contributed by atoms with Gasteiger partial charge in [-0.2, -0.15) is 0 Å². The molecule has 0 N–H and O–H groups in total. The first kappa shape index (κ1) is 17.4. The Kier molecular flexibility index (Phi) is 3.76. The Hall–Kier alpha value is -0.410. The lowest BCUT2D eigenvalue weighted by Gasteiger charge is -2.63. The van der Waals surface area contributed by atoms with Crippen molar-refractivity contribution in [1.29, 1.82) is 0 Å². The third-order valence-electron chi connectivity index (χ3n) is 10.6. The van der Waals surface area contributed by atoms with E-state index >= 15 is 0 Å². The van der Waals surface area contributed by atoms with Crippen molar-refractivity contribution in [3.8, 4) is 0 Å². The lowest BCUT2D eigenvalue weighted by atomic mass is 9.44. The smallest absolute Gasteiger partial charge is 0.139 e. The SMILES string of the molecule is C[C@@]12C(CCCC1N1CCCC3OC31)CC[C@@H]1[C@H]2CC[C@]2(C)C(=O)CC[C@@H]12. The van der Waals surface area contributed by atoms with Crippen LogP contribution in [0.25, 0.3) is 0 Å². The van der Waals surface area contributed by atoms with Crippen LogP contribution in [0.2, 0.25) is 0 Å². The molecule has 3 nitrogen and oxygen atoms in total. The minimum absolute atomic E-state index is 0.0182. The molecule has 4 saturated carbocycles. The molecular formula is C24H37NO2. The molecular weight excluding hydrogens is 334 g/mol. The number of likely N-dealkylation sites (tertiary alicyclic amines) is 1. The van der Waals surface area contributed by atoms with Crippen LogP contribution < -0.4 is 0 Å². The average molecular weight is 372 g/mol. The highest BCUT2D eigenvalue weighted by Crippen LogP contribution is 2.66. The quantitative estimate of drug-likeness (QED) is 0.622. The van der Waals surface area contributed by atoms with E-state index in [4.69, 9.17) is 4.74 Å². The number of ketones is 1. The van der Waals surface area contributed by atoms with Crippen LogP contribution in [-0.2, 0) is 9.53 Å². The van der Waals surface area contributed by atoms with E-state index in [1.165, 1.54) is 64.3 Å². The number of carbonyl (C=O) groups is 1. The second-order valence-electron chi connectivity index (χ2n) is 11.3. The standard InChI is InChI=1S/C24H37NO2/c1-23-13-12-18-16(17(23)10-11-21(23)26)9-8-15-5-3-7-20(24(15,18)2)25-14-4-6-19-22(25)27-19/h15-20,22H,3-14H2,1-2H3/t15?,16-,17-,18+,19?,20?,22?,23-,24-/m0/s1. The lowest BCUT2D eigenvalue weighted by Crippen LogP contribution is -2.62. The summed E-state index contributed by atoms with van der Waals surface area (Å²) in [5.41, 5.74) is 0.465. The van der Waals surface area contributed by atoms with Crippen LogP contribution in [0.1, 0.15) is 84.5 Å². The molecule has 4 unspecified atom stereocenters. The van der Waals surface area contributed by atoms with Crippen LogP contribution in [0.4, 0.5) is 0 Å². The van der Waals surface area contributed by atoms with E-state index in [2.05, 4.69) is 18.7 Å². The van der Waals surface area contributed by atoms with Crippen molar-refractivity contribution in [3.63, 3.8) is 0 Å². The highest BCUT2D eigenvalue weighted by atomic mass is 16.6. The van der Waals surface area contributed by atoms with Crippen LogP contribution in [0, 0.1) is 34.5 Å². The summed E-state index contributed by atoms with van der Waals surface area (Å²) in [4.78, 5) is 15.5. The van der Waals surface area contributed by atoms with Crippen molar-refractivity contribution in [2.45, 2.75) is 103 Å². The van der Waals surface area contributed by atoms with Crippen molar-refractivity contribution in [1.82, 2.24) is 4.90 Å². The number of Topliss-reactive ketones (excluding diaryl/α,β-unsaturated/α-hetero) is 1. The Balaban J connectivity index is 1.35. The second-order valence-corrected chi connectivity index (χ2v) is 11.3. The average Bonchev–Trinajstić information content (AvgIpc) is 3.40. The molecule has 0 spiro atoms. The molecule has 27 heavy (non-hydrogen) atoms. The van der Waals surface area contributed by atoms with E-state index in [0.29, 0.717) is 29.4 Å². The molecule has 0 aromatic heterocycles. The Bertz CT molecular complexity index is 648. The van der Waals surface area contributed by atoms with Gasteiger partial charge in [0.1, 0.15) is 12.0 Å². The van der Waals surface area contributed by atoms with Crippen LogP contribution in [0.3, 0.4) is 0 Å². The summed E-state index contributed by atoms with van der Waals surface area (Å²) < 4.78 is 6.09. The van der Waals surface area contributed by atoms with Crippen LogP contribution in [-0.4, -0.2) is 35.6 Å². The molecule has 0 bridgehead atoms. The molecule has 0 amide bonds. The molecule has 2 heterocycles. The van der Waals surface area contributed by atoms with E-state index in [1.54, 1.807) is 0 Å². The molecule has 0 aromatic rings. The fourth-order valence-electron chi connectivity index (χ4n) is 9.18. The number of nitrogens with zero attached hydrogens (tertiary/aromatic N) is 1. The van der Waals surface area contributed by atoms with Gasteiger partial charge in [-0.15, -0.1) is 0 Å². The zero-order valence-electron chi connectivity index (χ0n) is 17.3. The number of fused-ring (bicyclic) bond motifs is 6. The summed E-state index contributed by atoms with van der Waals surface area (Å²) in [5, 5.41) is 0. The Labute approximate surface area is 164 Å². The highest BCUT2D eigenvalue weighted by Gasteiger charge is 2.63. The van der Waals surface area contributed by atoms with E-state index in [1.807, 2.05) is 0 Å². The van der Waals surface area contributed by atoms with Gasteiger partial charge in [0.25, 0.3) is 0 Å². The van der Waals surface area contributed by atoms with Crippen molar-refractivity contribution in [3.05, 3.63) is 0 Å². The van der Waals surface area contributed by atoms with Crippen LogP contribution >= 0.6 is 0 Å². The molecule has 150 valence electrons. The van der Waals surface area contributed by atoms with E-state index in [-0.39, 0.29) is 5.41 Å². The molecule has 6 aliphatic rings. The van der Waals surface area contributed by atoms with Gasteiger partial charge in [-0.25, -0.2) is 0 Å². The van der Waals surface area contributed by atoms with E-state index in [9.17, 15) is 4.79 Å². The number of hydrogen-bond donors (Lipinski definition) is 0. The summed E-state index contributed by atoms with van der Waals surface area (Å²) >= 11 is 0. The predicted octanol–water partition coefficient (Wildman–Crippen LogP) is 4.79. The molecule has 0 radical (unpaired) electrons. The van der Waals surface area contributed by atoms with Crippen molar-refractivity contribution in [2.24, 2.45) is 34.5 Å². The normalized spacial score (nSPS) is 57.4. The van der Waals surface area contributed by atoms with Crippen LogP contribution in [0.5, 0.6) is 0 Å². The number of carbonyl (C=O) groups excluding carboxylic acids is 1. The molecule has 0 aromatic carbocycles. The molecule has 4 aliphatic carbocycles. The van der Waals surface area contributed by atoms with Gasteiger partial charge in [-0.3, -0.25) is 9.69 Å². The minimum Gasteiger partial charge on any atom is -0.353 e. The molecule has 6 rings (SSSR count). The minimum atomic E-state index is 0.0182. The van der Waals surface area contributed by atoms with Crippen molar-refractivity contribution < 1.29 is 9.53 Å². The molecule has 2 saturated heterocycles. The monoisotopic (exact) mass is 371 g/mol. The Morgan fingerprint density at radius 2 is 1.85 bits per heavy atom. The maximum absolute atomic E-state index is 12.7. The number of ether oxygens (including phenoxy) is 1. The van der Waals surface area contributed by atoms with Gasteiger partial charge >= 0.3 is 0 Å². The fraction of sp³-hybridized carbons (Fsp3) is 0.958. The largest absolute Gasteiger partial charge is 0.353 e. The highest BCUT2D eigenvalue weighted by molar-refractivity contribution is 5.87. The lowest BCUT2D eigenvalue weighted by molar-refractivity contribution is -0.156. The number of rotatable bonds is 1. The first-order valence-corrected chi connectivity index (χ1v) is 12.0. The summed E-state index contributed by atoms with van der Waals surface area (Å²) in [6.07, 6.45) is 15.1. The van der Waals surface area contributed by atoms with Gasteiger partial charge in [0.05, 0.1) is 6.10 Å². The third-order valence-corrected chi connectivity index (χ3v) is 10.6. The Morgan fingerprint density at radius 1 is 0.963 bits per heavy atom. The summed E-state index contributed by atoms with van der Waals surface area (Å²) in [6, 6.07) is 0.723. The molecule has 3 heteroatoms. The third kappa shape index (κ3) is 2.25. The number of hydrogen-bond acceptors (Lipinski definition) is 3. The second kappa shape index (κ2) is 5.81. The number of piperidine rings is 1. The van der Waals surface area contributed by atoms with Crippen LogP contribution in [0.15, 0.2) is 0 Å². The first-order valence-electron chi connectivity index (χ1n) is 12.0. The Morgan fingerprint density at radius 3 is 2.74 bits per heavy atom. The van der Waals surface area contributed by atoms with E-state index in [0.717, 1.165) is 36.6 Å². The van der Waals surface area contributed by atoms with Gasteiger partial charge in [-0.05, 0) is 86.9 Å². The molecule has 6 fully saturated rings. The number of epoxide rings is 1. The zero-order chi connectivity index (χ0) is 18.4. The molecule has 2 aliphatic heterocycles. The van der Waals surface area contributed by atoms with Gasteiger partial charge in [0, 0.05) is 24.4 Å². The van der Waals surface area contributed by atoms with Crippen molar-refractivity contribution in [2.75, 3.05) is 6.54 Å². The first-order chi connectivity index (χ1) is 13.0. The predicted molar refractivity (Wildman–Crippen MR) is 105 cm³/mol. The van der Waals surface area contributed by atoms with Gasteiger partial charge < -0.3 is 4.74 Å². The zero-order valence-corrected chi connectivity index (χ0v) is 17.3. The summed E-state index contributed by atoms with van der Waals surface area (Å²) in [7, 11) is 0. The van der Waals surface area contributed by atoms with Gasteiger partial charge in [0.15, 0.2) is 0 Å².